The highest BCUT2D eigenvalue weighted by atomic mass is 16.7. The molecular formula is C33H33NO9. The van der Waals surface area contributed by atoms with Gasteiger partial charge >= 0.3 is 12.1 Å². The number of carbonyl (C=O) groups excluding carboxylic acids is 3. The number of aliphatic hydroxyl groups excluding tert-OH is 1. The zero-order chi connectivity index (χ0) is 29.9. The van der Waals surface area contributed by atoms with Crippen LogP contribution in [0.2, 0.25) is 0 Å². The second kappa shape index (κ2) is 12.6. The van der Waals surface area contributed by atoms with E-state index in [1.54, 1.807) is 0 Å². The van der Waals surface area contributed by atoms with E-state index in [4.69, 9.17) is 23.7 Å². The molecule has 6 atom stereocenters. The molecule has 3 aromatic carbocycles. The number of ether oxygens (including phenoxy) is 5. The van der Waals surface area contributed by atoms with Crippen LogP contribution in [-0.4, -0.2) is 66.8 Å². The Morgan fingerprint density at radius 1 is 0.884 bits per heavy atom. The van der Waals surface area contributed by atoms with Gasteiger partial charge in [0.2, 0.25) is 0 Å². The van der Waals surface area contributed by atoms with Crippen LogP contribution in [0.1, 0.15) is 48.7 Å². The van der Waals surface area contributed by atoms with Gasteiger partial charge in [0.15, 0.2) is 18.7 Å². The molecule has 0 spiro atoms. The quantitative estimate of drug-likeness (QED) is 0.376. The van der Waals surface area contributed by atoms with E-state index in [2.05, 4.69) is 5.32 Å². The second-order valence-electron chi connectivity index (χ2n) is 10.9. The van der Waals surface area contributed by atoms with E-state index in [1.807, 2.05) is 78.9 Å². The lowest BCUT2D eigenvalue weighted by Crippen LogP contribution is -2.67. The fourth-order valence-corrected chi connectivity index (χ4v) is 5.93. The molecule has 10 nitrogen and oxygen atoms in total. The number of benzene rings is 3. The SMILES string of the molecule is CC(=O)CCC(=O)O[C@@H]1[C@@H](NC(=O)OCC2c3ccccc3-c3ccccc32)[C@H](O)O[C@@H]2COC(c3ccccc3)O[C@@H]12. The van der Waals surface area contributed by atoms with Crippen molar-refractivity contribution in [2.45, 2.75) is 62.6 Å². The summed E-state index contributed by atoms with van der Waals surface area (Å²) < 4.78 is 29.2. The van der Waals surface area contributed by atoms with Crippen molar-refractivity contribution in [2.75, 3.05) is 13.2 Å². The van der Waals surface area contributed by atoms with Crippen LogP contribution in [0.4, 0.5) is 4.79 Å². The van der Waals surface area contributed by atoms with Gasteiger partial charge in [-0.1, -0.05) is 78.9 Å². The summed E-state index contributed by atoms with van der Waals surface area (Å²) in [7, 11) is 0. The smallest absolute Gasteiger partial charge is 0.407 e. The molecular weight excluding hydrogens is 554 g/mol. The van der Waals surface area contributed by atoms with Crippen LogP contribution < -0.4 is 5.32 Å². The summed E-state index contributed by atoms with van der Waals surface area (Å²) in [6.07, 6.45) is -6.12. The Morgan fingerprint density at radius 2 is 1.53 bits per heavy atom. The zero-order valence-electron chi connectivity index (χ0n) is 23.6. The summed E-state index contributed by atoms with van der Waals surface area (Å²) in [5, 5.41) is 13.6. The Kier molecular flexibility index (Phi) is 8.53. The molecule has 2 fully saturated rings. The van der Waals surface area contributed by atoms with Gasteiger partial charge in [0.25, 0.3) is 0 Å². The zero-order valence-corrected chi connectivity index (χ0v) is 23.6. The van der Waals surface area contributed by atoms with Gasteiger partial charge < -0.3 is 38.9 Å². The van der Waals surface area contributed by atoms with Crippen LogP contribution in [0.15, 0.2) is 78.9 Å². The Labute approximate surface area is 248 Å². The molecule has 3 aromatic rings. The number of aliphatic hydroxyl groups is 1. The summed E-state index contributed by atoms with van der Waals surface area (Å²) in [4.78, 5) is 37.4. The van der Waals surface area contributed by atoms with E-state index in [9.17, 15) is 19.5 Å². The fourth-order valence-electron chi connectivity index (χ4n) is 5.93. The predicted molar refractivity (Wildman–Crippen MR) is 153 cm³/mol. The average Bonchev–Trinajstić information content (AvgIpc) is 3.34. The minimum atomic E-state index is -1.55. The van der Waals surface area contributed by atoms with Crippen molar-refractivity contribution in [3.63, 3.8) is 0 Å². The fraction of sp³-hybridized carbons (Fsp3) is 0.364. The third kappa shape index (κ3) is 6.18. The van der Waals surface area contributed by atoms with Gasteiger partial charge in [0.05, 0.1) is 13.0 Å². The molecule has 224 valence electrons. The monoisotopic (exact) mass is 587 g/mol. The highest BCUT2D eigenvalue weighted by molar-refractivity contribution is 5.81. The number of hydrogen-bond acceptors (Lipinski definition) is 9. The van der Waals surface area contributed by atoms with Crippen molar-refractivity contribution < 1.29 is 43.2 Å². The summed E-state index contributed by atoms with van der Waals surface area (Å²) in [6, 6.07) is 24.0. The first-order valence-electron chi connectivity index (χ1n) is 14.3. The standard InChI is InChI=1S/C33H33NO9/c1-19(35)15-16-27(36)42-30-28(31(37)41-26-18-39-32(43-29(26)30)20-9-3-2-4-10-20)34-33(38)40-17-25-23-13-7-5-11-21(23)22-12-6-8-14-24(22)25/h2-14,25-26,28-32,37H,15-18H2,1H3,(H,34,38)/t26-,28-,29-,30-,31-,32?/m1/s1. The van der Waals surface area contributed by atoms with Gasteiger partial charge in [0.1, 0.15) is 30.6 Å². The number of esters is 1. The van der Waals surface area contributed by atoms with E-state index in [0.717, 1.165) is 27.8 Å². The van der Waals surface area contributed by atoms with Gasteiger partial charge in [0, 0.05) is 17.9 Å². The summed E-state index contributed by atoms with van der Waals surface area (Å²) in [6.45, 7) is 1.49. The first kappa shape index (κ1) is 29.0. The molecule has 43 heavy (non-hydrogen) atoms. The summed E-state index contributed by atoms with van der Waals surface area (Å²) in [5.41, 5.74) is 5.04. The number of amides is 1. The van der Waals surface area contributed by atoms with Crippen LogP contribution in [0.5, 0.6) is 0 Å². The van der Waals surface area contributed by atoms with Gasteiger partial charge in [-0.15, -0.1) is 0 Å². The van der Waals surface area contributed by atoms with Gasteiger partial charge in [-0.05, 0) is 29.2 Å². The third-order valence-corrected chi connectivity index (χ3v) is 8.01. The lowest BCUT2D eigenvalue weighted by atomic mass is 9.95. The maximum absolute atomic E-state index is 13.2. The molecule has 3 aliphatic rings. The molecule has 0 radical (unpaired) electrons. The highest BCUT2D eigenvalue weighted by Crippen LogP contribution is 2.44. The van der Waals surface area contributed by atoms with Crippen molar-refractivity contribution in [3.05, 3.63) is 95.6 Å². The van der Waals surface area contributed by atoms with E-state index in [0.29, 0.717) is 0 Å². The lowest BCUT2D eigenvalue weighted by molar-refractivity contribution is -0.338. The maximum Gasteiger partial charge on any atom is 0.407 e. The minimum Gasteiger partial charge on any atom is -0.457 e. The largest absolute Gasteiger partial charge is 0.457 e. The van der Waals surface area contributed by atoms with E-state index in [1.165, 1.54) is 6.92 Å². The molecule has 0 bridgehead atoms. The second-order valence-corrected chi connectivity index (χ2v) is 10.9. The number of alkyl carbamates (subject to hydrolysis) is 1. The molecule has 10 heteroatoms. The number of ketones is 1. The first-order chi connectivity index (χ1) is 20.9. The van der Waals surface area contributed by atoms with Crippen molar-refractivity contribution in [1.29, 1.82) is 0 Å². The molecule has 0 aromatic heterocycles. The number of carbonyl (C=O) groups is 3. The Hall–Kier alpha value is -4.09. The van der Waals surface area contributed by atoms with Crippen LogP contribution in [0, 0.1) is 0 Å². The molecule has 2 heterocycles. The Balaban J connectivity index is 1.19. The molecule has 2 N–H and O–H groups in total. The normalized spacial score (nSPS) is 26.0. The molecule has 2 saturated heterocycles. The molecule has 1 amide bonds. The highest BCUT2D eigenvalue weighted by Gasteiger charge is 2.52. The van der Waals surface area contributed by atoms with Crippen molar-refractivity contribution in [2.24, 2.45) is 0 Å². The number of Topliss-reactive ketones (excluding diaryl/α,β-unsaturated/α-hetero) is 1. The third-order valence-electron chi connectivity index (χ3n) is 8.01. The van der Waals surface area contributed by atoms with Gasteiger partial charge in [-0.25, -0.2) is 4.79 Å². The molecule has 6 rings (SSSR count). The van der Waals surface area contributed by atoms with Crippen molar-refractivity contribution >= 4 is 17.8 Å². The number of fused-ring (bicyclic) bond motifs is 4. The minimum absolute atomic E-state index is 0.000214. The average molecular weight is 588 g/mol. The number of rotatable bonds is 8. The van der Waals surface area contributed by atoms with E-state index in [-0.39, 0.29) is 37.8 Å². The molecule has 2 aliphatic heterocycles. The Morgan fingerprint density at radius 3 is 2.21 bits per heavy atom. The number of nitrogens with one attached hydrogen (secondary N) is 1. The summed E-state index contributed by atoms with van der Waals surface area (Å²) in [5.74, 6) is -0.999. The molecule has 0 saturated carbocycles. The van der Waals surface area contributed by atoms with Gasteiger partial charge in [-0.2, -0.15) is 0 Å². The Bertz CT molecular complexity index is 1430. The summed E-state index contributed by atoms with van der Waals surface area (Å²) >= 11 is 0. The maximum atomic E-state index is 13.2. The topological polar surface area (TPSA) is 130 Å². The molecule has 1 aliphatic carbocycles. The van der Waals surface area contributed by atoms with Crippen LogP contribution in [0.25, 0.3) is 11.1 Å². The van der Waals surface area contributed by atoms with Crippen molar-refractivity contribution in [3.8, 4) is 11.1 Å². The van der Waals surface area contributed by atoms with E-state index >= 15 is 0 Å². The van der Waals surface area contributed by atoms with Gasteiger partial charge in [-0.3, -0.25) is 4.79 Å². The van der Waals surface area contributed by atoms with E-state index < -0.39 is 49.0 Å². The number of hydrogen-bond donors (Lipinski definition) is 2. The van der Waals surface area contributed by atoms with Crippen LogP contribution in [-0.2, 0) is 33.3 Å². The first-order valence-corrected chi connectivity index (χ1v) is 14.3. The lowest BCUT2D eigenvalue weighted by Gasteiger charge is -2.47. The molecule has 1 unspecified atom stereocenters. The van der Waals surface area contributed by atoms with Crippen LogP contribution >= 0.6 is 0 Å². The van der Waals surface area contributed by atoms with Crippen molar-refractivity contribution in [1.82, 2.24) is 5.32 Å². The van der Waals surface area contributed by atoms with Crippen LogP contribution in [0.3, 0.4) is 0 Å². The predicted octanol–water partition coefficient (Wildman–Crippen LogP) is 4.01.